The van der Waals surface area contributed by atoms with E-state index in [1.165, 1.54) is 24.3 Å². The lowest BCUT2D eigenvalue weighted by Gasteiger charge is -2.23. The molecule has 0 radical (unpaired) electrons. The number of nitrogens with zero attached hydrogens (tertiary/aromatic N) is 4. The molecule has 2 atom stereocenters. The molecule has 0 aliphatic carbocycles. The molecule has 16 heteroatoms. The molecule has 0 aliphatic rings. The fourth-order valence-corrected chi connectivity index (χ4v) is 4.18. The molecule has 44 heavy (non-hydrogen) atoms. The first-order valence-electron chi connectivity index (χ1n) is 13.9. The zero-order chi connectivity index (χ0) is 32.6. The van der Waals surface area contributed by atoms with Crippen molar-refractivity contribution in [3.8, 4) is 5.75 Å². The van der Waals surface area contributed by atoms with Crippen molar-refractivity contribution in [1.82, 2.24) is 15.5 Å². The summed E-state index contributed by atoms with van der Waals surface area (Å²) >= 11 is 0. The Balaban J connectivity index is 2.07. The Hall–Kier alpha value is -5.41. The van der Waals surface area contributed by atoms with Crippen LogP contribution < -0.4 is 33.6 Å². The van der Waals surface area contributed by atoms with Gasteiger partial charge in [-0.25, -0.2) is 4.99 Å². The summed E-state index contributed by atoms with van der Waals surface area (Å²) in [6, 6.07) is 10.1. The first kappa shape index (κ1) is 34.8. The van der Waals surface area contributed by atoms with Gasteiger partial charge >= 0.3 is 0 Å². The zero-order valence-corrected chi connectivity index (χ0v) is 24.5. The molecule has 0 unspecified atom stereocenters. The van der Waals surface area contributed by atoms with Gasteiger partial charge in [-0.3, -0.25) is 29.5 Å². The van der Waals surface area contributed by atoms with Crippen LogP contribution in [0.1, 0.15) is 30.9 Å². The van der Waals surface area contributed by atoms with Crippen molar-refractivity contribution in [1.29, 1.82) is 0 Å². The fraction of sp³-hybridized carbons (Fsp3) is 0.393. The summed E-state index contributed by atoms with van der Waals surface area (Å²) in [5.74, 6) is -1.96. The highest BCUT2D eigenvalue weighted by atomic mass is 16.6. The van der Waals surface area contributed by atoms with E-state index >= 15 is 0 Å². The van der Waals surface area contributed by atoms with Gasteiger partial charge in [0.05, 0.1) is 11.5 Å². The molecule has 16 nitrogen and oxygen atoms in total. The van der Waals surface area contributed by atoms with Gasteiger partial charge in [-0.1, -0.05) is 24.3 Å². The van der Waals surface area contributed by atoms with Gasteiger partial charge in [0.25, 0.3) is 5.69 Å². The maximum Gasteiger partial charge on any atom is 0.269 e. The number of amides is 3. The summed E-state index contributed by atoms with van der Waals surface area (Å²) in [5, 5.41) is 25.7. The Morgan fingerprint density at radius 3 is 2.18 bits per heavy atom. The van der Waals surface area contributed by atoms with E-state index in [-0.39, 0.29) is 55.2 Å². The average Bonchev–Trinajstić information content (AvgIpc) is 2.98. The minimum absolute atomic E-state index is 0.0233. The first-order chi connectivity index (χ1) is 20.9. The molecular formula is C28H40N10O6. The van der Waals surface area contributed by atoms with Gasteiger partial charge in [-0.2, -0.15) is 0 Å². The van der Waals surface area contributed by atoms with Gasteiger partial charge in [0.2, 0.25) is 17.7 Å². The topological polar surface area (TPSA) is 271 Å². The predicted molar refractivity (Wildman–Crippen MR) is 165 cm³/mol. The van der Waals surface area contributed by atoms with Crippen LogP contribution in [0.2, 0.25) is 0 Å². The molecule has 0 bridgehead atoms. The first-order valence-corrected chi connectivity index (χ1v) is 13.9. The lowest BCUT2D eigenvalue weighted by molar-refractivity contribution is -0.384. The highest BCUT2D eigenvalue weighted by Gasteiger charge is 2.26. The van der Waals surface area contributed by atoms with E-state index < -0.39 is 28.8 Å². The molecule has 0 heterocycles. The lowest BCUT2D eigenvalue weighted by atomic mass is 10.0. The number of carbonyl (C=O) groups excluding carboxylic acids is 3. The summed E-state index contributed by atoms with van der Waals surface area (Å²) < 4.78 is 0. The van der Waals surface area contributed by atoms with Gasteiger partial charge in [-0.05, 0) is 49.4 Å². The van der Waals surface area contributed by atoms with Crippen LogP contribution >= 0.6 is 0 Å². The minimum Gasteiger partial charge on any atom is -0.508 e. The van der Waals surface area contributed by atoms with E-state index in [4.69, 9.17) is 22.9 Å². The molecule has 2 aromatic carbocycles. The van der Waals surface area contributed by atoms with E-state index in [9.17, 15) is 29.6 Å². The number of phenols is 1. The Morgan fingerprint density at radius 2 is 1.61 bits per heavy atom. The van der Waals surface area contributed by atoms with Crippen molar-refractivity contribution in [3.05, 3.63) is 69.8 Å². The Labute approximate surface area is 254 Å². The molecule has 0 aromatic heterocycles. The second-order valence-electron chi connectivity index (χ2n) is 9.82. The van der Waals surface area contributed by atoms with Gasteiger partial charge in [-0.15, -0.1) is 0 Å². The standard InChI is InChI=1S/C28H40N10O6/c1-2-37(15-13-18-5-9-20(10-6-18)38(43)44)24(40)17-34-25(41)22(4-3-14-33-27(29)30)35-26(42)23(36-28(31)32)16-19-7-11-21(39)12-8-19/h5-12,22-23,39H,2-4,13-17H2,1H3,(H,34,41)(H,35,42)(H4,29,30,33)(H4,31,32,36)/t22-,23+/m1/s1. The van der Waals surface area contributed by atoms with Crippen molar-refractivity contribution in [2.75, 3.05) is 26.2 Å². The minimum atomic E-state index is -1.07. The van der Waals surface area contributed by atoms with E-state index in [1.54, 1.807) is 36.1 Å². The number of phenolic OH excluding ortho intramolecular Hbond substituents is 1. The maximum atomic E-state index is 13.2. The monoisotopic (exact) mass is 612 g/mol. The molecule has 0 saturated carbocycles. The number of hydrogen-bond donors (Lipinski definition) is 7. The van der Waals surface area contributed by atoms with E-state index in [2.05, 4.69) is 20.6 Å². The van der Waals surface area contributed by atoms with Crippen molar-refractivity contribution in [2.24, 2.45) is 32.9 Å². The van der Waals surface area contributed by atoms with E-state index in [0.717, 1.165) is 5.56 Å². The Kier molecular flexibility index (Phi) is 13.9. The summed E-state index contributed by atoms with van der Waals surface area (Å²) in [7, 11) is 0. The molecule has 2 aromatic rings. The third kappa shape index (κ3) is 12.2. The molecule has 3 amide bonds. The summed E-state index contributed by atoms with van der Waals surface area (Å²) in [4.78, 5) is 59.2. The fourth-order valence-electron chi connectivity index (χ4n) is 4.18. The largest absolute Gasteiger partial charge is 0.508 e. The average molecular weight is 613 g/mol. The molecule has 0 spiro atoms. The number of aliphatic imine (C=N–C) groups is 2. The predicted octanol–water partition coefficient (Wildman–Crippen LogP) is -0.769. The van der Waals surface area contributed by atoms with Crippen molar-refractivity contribution < 1.29 is 24.4 Å². The van der Waals surface area contributed by atoms with Crippen LogP contribution in [-0.4, -0.2) is 82.8 Å². The molecule has 2 rings (SSSR count). The third-order valence-electron chi connectivity index (χ3n) is 6.52. The number of likely N-dealkylation sites (N-methyl/N-ethyl adjacent to an activating group) is 1. The number of guanidine groups is 2. The number of nitro benzene ring substituents is 1. The highest BCUT2D eigenvalue weighted by Crippen LogP contribution is 2.14. The number of nitrogens with two attached hydrogens (primary N) is 4. The van der Waals surface area contributed by atoms with E-state index in [1.807, 2.05) is 0 Å². The van der Waals surface area contributed by atoms with Crippen LogP contribution in [0.25, 0.3) is 0 Å². The second-order valence-corrected chi connectivity index (χ2v) is 9.82. The Bertz CT molecular complexity index is 1320. The summed E-state index contributed by atoms with van der Waals surface area (Å²) in [5.41, 5.74) is 23.3. The molecule has 0 fully saturated rings. The van der Waals surface area contributed by atoms with Gasteiger partial charge in [0.15, 0.2) is 11.9 Å². The normalized spacial score (nSPS) is 11.8. The van der Waals surface area contributed by atoms with Crippen LogP contribution in [0.5, 0.6) is 5.75 Å². The number of carbonyl (C=O) groups is 3. The Morgan fingerprint density at radius 1 is 0.977 bits per heavy atom. The van der Waals surface area contributed by atoms with Crippen LogP contribution in [0, 0.1) is 10.1 Å². The van der Waals surface area contributed by atoms with Crippen LogP contribution in [0.3, 0.4) is 0 Å². The smallest absolute Gasteiger partial charge is 0.269 e. The number of nitro groups is 1. The van der Waals surface area contributed by atoms with Crippen molar-refractivity contribution in [2.45, 2.75) is 44.7 Å². The quantitative estimate of drug-likeness (QED) is 0.0385. The highest BCUT2D eigenvalue weighted by molar-refractivity contribution is 5.93. The van der Waals surface area contributed by atoms with E-state index in [0.29, 0.717) is 31.5 Å². The number of hydrogen-bond acceptors (Lipinski definition) is 8. The van der Waals surface area contributed by atoms with Crippen LogP contribution in [-0.2, 0) is 27.2 Å². The zero-order valence-electron chi connectivity index (χ0n) is 24.5. The summed E-state index contributed by atoms with van der Waals surface area (Å²) in [6.45, 7) is 2.38. The van der Waals surface area contributed by atoms with Gasteiger partial charge in [0, 0.05) is 38.2 Å². The number of rotatable bonds is 17. The van der Waals surface area contributed by atoms with Gasteiger partial charge in [0.1, 0.15) is 17.8 Å². The third-order valence-corrected chi connectivity index (χ3v) is 6.52. The van der Waals surface area contributed by atoms with Crippen molar-refractivity contribution in [3.63, 3.8) is 0 Å². The molecule has 11 N–H and O–H groups in total. The summed E-state index contributed by atoms with van der Waals surface area (Å²) in [6.07, 6.45) is 1.03. The number of non-ortho nitro benzene ring substituents is 1. The SMILES string of the molecule is CCN(CCc1ccc([N+](=O)[O-])cc1)C(=O)CNC(=O)[C@@H](CCCN=C(N)N)NC(=O)[C@H](Cc1ccc(O)cc1)N=C(N)N. The molecule has 0 saturated heterocycles. The van der Waals surface area contributed by atoms with Crippen molar-refractivity contribution >= 4 is 35.3 Å². The second kappa shape index (κ2) is 17.5. The number of nitrogens with one attached hydrogen (secondary N) is 2. The number of aromatic hydroxyl groups is 1. The molecular weight excluding hydrogens is 572 g/mol. The van der Waals surface area contributed by atoms with Crippen LogP contribution in [0.4, 0.5) is 5.69 Å². The van der Waals surface area contributed by atoms with Gasteiger partial charge < -0.3 is 43.6 Å². The lowest BCUT2D eigenvalue weighted by Crippen LogP contribution is -2.52. The number of benzene rings is 2. The van der Waals surface area contributed by atoms with Crippen LogP contribution in [0.15, 0.2) is 58.5 Å². The molecule has 238 valence electrons. The maximum absolute atomic E-state index is 13.2. The molecule has 0 aliphatic heterocycles.